The van der Waals surface area contributed by atoms with Crippen molar-refractivity contribution in [3.63, 3.8) is 0 Å². The van der Waals surface area contributed by atoms with Gasteiger partial charge in [0.1, 0.15) is 0 Å². The van der Waals surface area contributed by atoms with Crippen LogP contribution in [-0.4, -0.2) is 29.6 Å². The summed E-state index contributed by atoms with van der Waals surface area (Å²) in [6, 6.07) is 7.99. The molecule has 2 amide bonds. The molecule has 0 spiro atoms. The SMILES string of the molecule is O=C(CNC(=O)c1ccc(Cl)c(Cl)c1)N/N=C\c1cccnc1. The van der Waals surface area contributed by atoms with Gasteiger partial charge in [-0.2, -0.15) is 5.10 Å². The summed E-state index contributed by atoms with van der Waals surface area (Å²) >= 11 is 11.6. The molecule has 0 unspecified atom stereocenters. The van der Waals surface area contributed by atoms with E-state index in [0.29, 0.717) is 10.6 Å². The fourth-order valence-corrected chi connectivity index (χ4v) is 1.87. The largest absolute Gasteiger partial charge is 0.343 e. The fourth-order valence-electron chi connectivity index (χ4n) is 1.57. The smallest absolute Gasteiger partial charge is 0.259 e. The normalized spacial score (nSPS) is 10.5. The Bertz CT molecular complexity index is 736. The molecule has 0 aliphatic heterocycles. The highest BCUT2D eigenvalue weighted by atomic mass is 35.5. The summed E-state index contributed by atoms with van der Waals surface area (Å²) in [6.45, 7) is -0.219. The van der Waals surface area contributed by atoms with Crippen molar-refractivity contribution in [2.24, 2.45) is 5.10 Å². The van der Waals surface area contributed by atoms with E-state index in [-0.39, 0.29) is 11.6 Å². The van der Waals surface area contributed by atoms with Crippen LogP contribution in [-0.2, 0) is 4.79 Å². The number of hydrogen-bond donors (Lipinski definition) is 2. The third kappa shape index (κ3) is 5.36. The van der Waals surface area contributed by atoms with Gasteiger partial charge in [-0.15, -0.1) is 0 Å². The summed E-state index contributed by atoms with van der Waals surface area (Å²) < 4.78 is 0. The summed E-state index contributed by atoms with van der Waals surface area (Å²) in [4.78, 5) is 27.4. The van der Waals surface area contributed by atoms with Gasteiger partial charge in [-0.1, -0.05) is 29.3 Å². The maximum Gasteiger partial charge on any atom is 0.259 e. The van der Waals surface area contributed by atoms with Gasteiger partial charge in [0.05, 0.1) is 22.8 Å². The number of rotatable bonds is 5. The molecule has 1 aromatic carbocycles. The Morgan fingerprint density at radius 1 is 1.22 bits per heavy atom. The summed E-state index contributed by atoms with van der Waals surface area (Å²) in [5.41, 5.74) is 3.35. The third-order valence-corrected chi connectivity index (χ3v) is 3.42. The van der Waals surface area contributed by atoms with E-state index in [1.54, 1.807) is 24.5 Å². The predicted octanol–water partition coefficient (Wildman–Crippen LogP) is 2.27. The molecule has 1 heterocycles. The highest BCUT2D eigenvalue weighted by Crippen LogP contribution is 2.22. The van der Waals surface area contributed by atoms with Crippen LogP contribution in [0, 0.1) is 0 Å². The lowest BCUT2D eigenvalue weighted by atomic mass is 10.2. The molecule has 0 saturated heterocycles. The molecule has 8 heteroatoms. The number of nitrogens with one attached hydrogen (secondary N) is 2. The van der Waals surface area contributed by atoms with Crippen LogP contribution in [0.15, 0.2) is 47.8 Å². The van der Waals surface area contributed by atoms with Crippen LogP contribution in [0.1, 0.15) is 15.9 Å². The van der Waals surface area contributed by atoms with Gasteiger partial charge in [-0.25, -0.2) is 5.43 Å². The molecule has 0 fully saturated rings. The van der Waals surface area contributed by atoms with E-state index in [1.165, 1.54) is 24.4 Å². The number of halogens is 2. The first-order valence-electron chi connectivity index (χ1n) is 6.51. The van der Waals surface area contributed by atoms with Crippen molar-refractivity contribution in [1.82, 2.24) is 15.7 Å². The fraction of sp³-hybridized carbons (Fsp3) is 0.0667. The Labute approximate surface area is 142 Å². The number of hydrogen-bond acceptors (Lipinski definition) is 4. The second-order valence-electron chi connectivity index (χ2n) is 4.39. The van der Waals surface area contributed by atoms with Crippen LogP contribution in [0.2, 0.25) is 10.0 Å². The van der Waals surface area contributed by atoms with Crippen molar-refractivity contribution >= 4 is 41.2 Å². The Morgan fingerprint density at radius 3 is 2.74 bits per heavy atom. The molecule has 0 atom stereocenters. The number of pyridine rings is 1. The van der Waals surface area contributed by atoms with E-state index in [4.69, 9.17) is 23.2 Å². The molecular formula is C15H12Cl2N4O2. The van der Waals surface area contributed by atoms with Crippen LogP contribution in [0.5, 0.6) is 0 Å². The molecule has 0 aliphatic rings. The number of carbonyl (C=O) groups excluding carboxylic acids is 2. The van der Waals surface area contributed by atoms with Crippen molar-refractivity contribution in [2.45, 2.75) is 0 Å². The van der Waals surface area contributed by atoms with Crippen molar-refractivity contribution in [3.05, 3.63) is 63.9 Å². The Hall–Kier alpha value is -2.44. The lowest BCUT2D eigenvalue weighted by molar-refractivity contribution is -0.120. The molecule has 2 N–H and O–H groups in total. The number of carbonyl (C=O) groups is 2. The van der Waals surface area contributed by atoms with Gasteiger partial charge >= 0.3 is 0 Å². The van der Waals surface area contributed by atoms with Crippen LogP contribution >= 0.6 is 23.2 Å². The first-order valence-corrected chi connectivity index (χ1v) is 7.27. The Morgan fingerprint density at radius 2 is 2.04 bits per heavy atom. The van der Waals surface area contributed by atoms with Gasteiger partial charge in [0.25, 0.3) is 11.8 Å². The molecule has 1 aromatic heterocycles. The van der Waals surface area contributed by atoms with E-state index in [1.807, 2.05) is 0 Å². The molecule has 0 saturated carbocycles. The predicted molar refractivity (Wildman–Crippen MR) is 88.8 cm³/mol. The molecule has 2 aromatic rings. The molecular weight excluding hydrogens is 339 g/mol. The van der Waals surface area contributed by atoms with Crippen LogP contribution in [0.25, 0.3) is 0 Å². The van der Waals surface area contributed by atoms with Gasteiger partial charge in [0, 0.05) is 23.5 Å². The van der Waals surface area contributed by atoms with E-state index in [0.717, 1.165) is 5.56 Å². The Kier molecular flexibility index (Phi) is 6.08. The minimum atomic E-state index is -0.460. The van der Waals surface area contributed by atoms with Crippen molar-refractivity contribution in [2.75, 3.05) is 6.54 Å². The van der Waals surface area contributed by atoms with Crippen LogP contribution in [0.3, 0.4) is 0 Å². The minimum absolute atomic E-state index is 0.219. The molecule has 6 nitrogen and oxygen atoms in total. The van der Waals surface area contributed by atoms with Crippen LogP contribution < -0.4 is 10.7 Å². The number of hydrazone groups is 1. The van der Waals surface area contributed by atoms with Crippen molar-refractivity contribution in [3.8, 4) is 0 Å². The summed E-state index contributed by atoms with van der Waals surface area (Å²) in [5, 5.41) is 6.84. The first-order chi connectivity index (χ1) is 11.1. The van der Waals surface area contributed by atoms with Crippen molar-refractivity contribution in [1.29, 1.82) is 0 Å². The summed E-state index contributed by atoms with van der Waals surface area (Å²) in [7, 11) is 0. The zero-order chi connectivity index (χ0) is 16.7. The molecule has 118 valence electrons. The standard InChI is InChI=1S/C15H12Cl2N4O2/c16-12-4-3-11(6-13(12)17)15(23)19-9-14(22)21-20-8-10-2-1-5-18-7-10/h1-8H,9H2,(H,19,23)(H,21,22)/b20-8-. The quantitative estimate of drug-likeness (QED) is 0.640. The lowest BCUT2D eigenvalue weighted by Crippen LogP contribution is -2.34. The van der Waals surface area contributed by atoms with E-state index < -0.39 is 11.8 Å². The zero-order valence-corrected chi connectivity index (χ0v) is 13.3. The number of amides is 2. The summed E-state index contributed by atoms with van der Waals surface area (Å²) in [6.07, 6.45) is 4.68. The van der Waals surface area contributed by atoms with E-state index in [2.05, 4.69) is 20.8 Å². The van der Waals surface area contributed by atoms with Gasteiger partial charge < -0.3 is 5.32 Å². The maximum absolute atomic E-state index is 11.9. The van der Waals surface area contributed by atoms with Crippen molar-refractivity contribution < 1.29 is 9.59 Å². The minimum Gasteiger partial charge on any atom is -0.343 e. The second-order valence-corrected chi connectivity index (χ2v) is 5.21. The molecule has 0 radical (unpaired) electrons. The zero-order valence-electron chi connectivity index (χ0n) is 11.8. The molecule has 0 bridgehead atoms. The second kappa shape index (κ2) is 8.26. The monoisotopic (exact) mass is 350 g/mol. The molecule has 0 aliphatic carbocycles. The number of aromatic nitrogens is 1. The average Bonchev–Trinajstić information content (AvgIpc) is 2.56. The van der Waals surface area contributed by atoms with E-state index >= 15 is 0 Å². The maximum atomic E-state index is 11.9. The summed E-state index contributed by atoms with van der Waals surface area (Å²) in [5.74, 6) is -0.895. The van der Waals surface area contributed by atoms with Gasteiger partial charge in [-0.05, 0) is 24.3 Å². The van der Waals surface area contributed by atoms with E-state index in [9.17, 15) is 9.59 Å². The van der Waals surface area contributed by atoms with Gasteiger partial charge in [0.2, 0.25) is 0 Å². The van der Waals surface area contributed by atoms with Gasteiger partial charge in [-0.3, -0.25) is 14.6 Å². The van der Waals surface area contributed by atoms with Gasteiger partial charge in [0.15, 0.2) is 0 Å². The topological polar surface area (TPSA) is 83.5 Å². The van der Waals surface area contributed by atoms with Crippen LogP contribution in [0.4, 0.5) is 0 Å². The number of nitrogens with zero attached hydrogens (tertiary/aromatic N) is 2. The third-order valence-electron chi connectivity index (χ3n) is 2.68. The average molecular weight is 351 g/mol. The molecule has 23 heavy (non-hydrogen) atoms. The molecule has 2 rings (SSSR count). The first kappa shape index (κ1) is 16.9. The Balaban J connectivity index is 1.80. The lowest BCUT2D eigenvalue weighted by Gasteiger charge is -2.05. The highest BCUT2D eigenvalue weighted by molar-refractivity contribution is 6.42. The highest BCUT2D eigenvalue weighted by Gasteiger charge is 2.09. The number of benzene rings is 1.